The van der Waals surface area contributed by atoms with Crippen molar-refractivity contribution in [3.63, 3.8) is 0 Å². The van der Waals surface area contributed by atoms with E-state index in [4.69, 9.17) is 23.7 Å². The average Bonchev–Trinajstić information content (AvgIpc) is 2.74. The van der Waals surface area contributed by atoms with Gasteiger partial charge < -0.3 is 28.8 Å². The summed E-state index contributed by atoms with van der Waals surface area (Å²) in [6.45, 7) is 0. The first kappa shape index (κ1) is 20.9. The van der Waals surface area contributed by atoms with Crippen LogP contribution in [0.5, 0.6) is 28.7 Å². The maximum atomic E-state index is 11.8. The molecule has 0 saturated heterocycles. The van der Waals surface area contributed by atoms with Crippen LogP contribution in [0.4, 0.5) is 0 Å². The molecule has 0 aliphatic heterocycles. The van der Waals surface area contributed by atoms with Gasteiger partial charge in [0, 0.05) is 21.7 Å². The molecule has 0 aliphatic carbocycles. The number of benzene rings is 3. The smallest absolute Gasteiger partial charge is 0.339 e. The molecule has 0 spiro atoms. The second kappa shape index (κ2) is 8.24. The highest BCUT2D eigenvalue weighted by molar-refractivity contribution is 9.08. The number of alkyl halides is 1. The van der Waals surface area contributed by atoms with Gasteiger partial charge in [0.1, 0.15) is 34.3 Å². The van der Waals surface area contributed by atoms with Gasteiger partial charge in [0.05, 0.1) is 46.3 Å². The predicted octanol–water partition coefficient (Wildman–Crippen LogP) is 4.63. The van der Waals surface area contributed by atoms with Crippen LogP contribution in [0.15, 0.2) is 18.2 Å². The Morgan fingerprint density at radius 1 is 0.793 bits per heavy atom. The molecule has 0 fully saturated rings. The van der Waals surface area contributed by atoms with E-state index in [0.717, 1.165) is 5.56 Å². The fraction of sp³-hybridized carbons (Fsp3) is 0.286. The van der Waals surface area contributed by atoms with E-state index in [1.165, 1.54) is 20.3 Å². The van der Waals surface area contributed by atoms with Gasteiger partial charge in [-0.2, -0.15) is 0 Å². The van der Waals surface area contributed by atoms with E-state index in [-0.39, 0.29) is 11.3 Å². The van der Waals surface area contributed by atoms with Crippen LogP contribution < -0.4 is 23.7 Å². The third-order valence-electron chi connectivity index (χ3n) is 4.81. The molecule has 0 heterocycles. The minimum absolute atomic E-state index is 0.0160. The number of carboxylic acid groups (broad SMARTS) is 1. The van der Waals surface area contributed by atoms with Crippen molar-refractivity contribution in [2.45, 2.75) is 5.33 Å². The van der Waals surface area contributed by atoms with Gasteiger partial charge in [-0.15, -0.1) is 0 Å². The highest BCUT2D eigenvalue weighted by atomic mass is 79.9. The second-order valence-electron chi connectivity index (χ2n) is 6.12. The number of carbonyl (C=O) groups is 1. The SMILES string of the molecule is COc1cc2c(OC)c3c(OC)cc(CBr)c(OC)c3c(OC)c2cc1C(=O)O. The van der Waals surface area contributed by atoms with Crippen molar-refractivity contribution in [3.8, 4) is 28.7 Å². The highest BCUT2D eigenvalue weighted by Gasteiger charge is 2.26. The van der Waals surface area contributed by atoms with E-state index >= 15 is 0 Å². The molecule has 0 unspecified atom stereocenters. The van der Waals surface area contributed by atoms with Crippen molar-refractivity contribution in [1.82, 2.24) is 0 Å². The summed E-state index contributed by atoms with van der Waals surface area (Å²) in [7, 11) is 7.63. The van der Waals surface area contributed by atoms with E-state index < -0.39 is 5.97 Å². The van der Waals surface area contributed by atoms with E-state index in [1.807, 2.05) is 6.07 Å². The fourth-order valence-electron chi connectivity index (χ4n) is 3.61. The summed E-state index contributed by atoms with van der Waals surface area (Å²) < 4.78 is 28.1. The number of hydrogen-bond acceptors (Lipinski definition) is 6. The van der Waals surface area contributed by atoms with Gasteiger partial charge in [0.2, 0.25) is 0 Å². The van der Waals surface area contributed by atoms with Crippen molar-refractivity contribution in [2.24, 2.45) is 0 Å². The van der Waals surface area contributed by atoms with Crippen LogP contribution in [-0.2, 0) is 5.33 Å². The molecule has 3 rings (SSSR count). The van der Waals surface area contributed by atoms with Crippen LogP contribution in [0.2, 0.25) is 0 Å². The molecule has 1 N–H and O–H groups in total. The molecule has 154 valence electrons. The number of ether oxygens (including phenoxy) is 5. The molecule has 0 saturated carbocycles. The lowest BCUT2D eigenvalue weighted by atomic mass is 9.95. The standard InChI is InChI=1S/C21H21BrO7/c1-25-14-8-12-11(7-13(14)21(23)24)20(29-5)17-16(19(12)28-4)15(26-2)6-10(9-22)18(17)27-3/h6-8H,9H2,1-5H3,(H,23,24). The molecule has 3 aromatic rings. The van der Waals surface area contributed by atoms with Crippen molar-refractivity contribution in [1.29, 1.82) is 0 Å². The Labute approximate surface area is 176 Å². The summed E-state index contributed by atoms with van der Waals surface area (Å²) in [5.41, 5.74) is 0.866. The van der Waals surface area contributed by atoms with Gasteiger partial charge in [-0.1, -0.05) is 15.9 Å². The first-order chi connectivity index (χ1) is 14.0. The Morgan fingerprint density at radius 3 is 1.83 bits per heavy atom. The molecule has 29 heavy (non-hydrogen) atoms. The molecule has 0 bridgehead atoms. The Kier molecular flexibility index (Phi) is 5.93. The van der Waals surface area contributed by atoms with Crippen molar-refractivity contribution < 1.29 is 33.6 Å². The van der Waals surface area contributed by atoms with Gasteiger partial charge in [-0.05, 0) is 18.2 Å². The number of rotatable bonds is 7. The number of aromatic carboxylic acids is 1. The normalized spacial score (nSPS) is 10.8. The maximum absolute atomic E-state index is 11.8. The topological polar surface area (TPSA) is 83.5 Å². The number of carboxylic acids is 1. The van der Waals surface area contributed by atoms with Gasteiger partial charge in [-0.3, -0.25) is 0 Å². The lowest BCUT2D eigenvalue weighted by Crippen LogP contribution is -2.03. The monoisotopic (exact) mass is 464 g/mol. The number of fused-ring (bicyclic) bond motifs is 2. The zero-order valence-electron chi connectivity index (χ0n) is 16.7. The molecule has 8 heteroatoms. The van der Waals surface area contributed by atoms with Crippen molar-refractivity contribution in [2.75, 3.05) is 35.5 Å². The predicted molar refractivity (Wildman–Crippen MR) is 114 cm³/mol. The highest BCUT2D eigenvalue weighted by Crippen LogP contribution is 2.52. The van der Waals surface area contributed by atoms with E-state index in [9.17, 15) is 9.90 Å². The Balaban J connectivity index is 2.70. The molecular weight excluding hydrogens is 444 g/mol. The minimum Gasteiger partial charge on any atom is -0.496 e. The first-order valence-corrected chi connectivity index (χ1v) is 9.71. The molecule has 0 amide bonds. The average molecular weight is 465 g/mol. The summed E-state index contributed by atoms with van der Waals surface area (Å²) in [5.74, 6) is 1.23. The third kappa shape index (κ3) is 3.17. The van der Waals surface area contributed by atoms with Crippen LogP contribution in [0.3, 0.4) is 0 Å². The number of hydrogen-bond donors (Lipinski definition) is 1. The van der Waals surface area contributed by atoms with Gasteiger partial charge in [0.25, 0.3) is 0 Å². The molecule has 0 radical (unpaired) electrons. The first-order valence-electron chi connectivity index (χ1n) is 8.59. The van der Waals surface area contributed by atoms with Gasteiger partial charge in [0.15, 0.2) is 0 Å². The molecule has 7 nitrogen and oxygen atoms in total. The van der Waals surface area contributed by atoms with E-state index in [0.29, 0.717) is 49.9 Å². The van der Waals surface area contributed by atoms with Crippen LogP contribution in [0, 0.1) is 0 Å². The summed E-state index contributed by atoms with van der Waals surface area (Å²) >= 11 is 3.48. The summed E-state index contributed by atoms with van der Waals surface area (Å²) in [5, 5.41) is 12.6. The van der Waals surface area contributed by atoms with Crippen LogP contribution in [0.25, 0.3) is 21.5 Å². The van der Waals surface area contributed by atoms with Crippen molar-refractivity contribution in [3.05, 3.63) is 29.3 Å². The van der Waals surface area contributed by atoms with Crippen molar-refractivity contribution >= 4 is 43.4 Å². The summed E-state index contributed by atoms with van der Waals surface area (Å²) in [6, 6.07) is 5.01. The molecule has 0 aliphatic rings. The molecular formula is C21H21BrO7. The largest absolute Gasteiger partial charge is 0.496 e. The quantitative estimate of drug-likeness (QED) is 0.403. The van der Waals surface area contributed by atoms with E-state index in [2.05, 4.69) is 15.9 Å². The number of methoxy groups -OCH3 is 5. The van der Waals surface area contributed by atoms with Gasteiger partial charge >= 0.3 is 5.97 Å². The Bertz CT molecular complexity index is 1110. The van der Waals surface area contributed by atoms with Crippen LogP contribution >= 0.6 is 15.9 Å². The lowest BCUT2D eigenvalue weighted by molar-refractivity contribution is 0.0693. The minimum atomic E-state index is -1.11. The zero-order valence-corrected chi connectivity index (χ0v) is 18.3. The summed E-state index contributed by atoms with van der Waals surface area (Å²) in [4.78, 5) is 11.8. The maximum Gasteiger partial charge on any atom is 0.339 e. The molecule has 0 atom stereocenters. The van der Waals surface area contributed by atoms with E-state index in [1.54, 1.807) is 27.4 Å². The van der Waals surface area contributed by atoms with Crippen LogP contribution in [-0.4, -0.2) is 46.6 Å². The Morgan fingerprint density at radius 2 is 1.34 bits per heavy atom. The second-order valence-corrected chi connectivity index (χ2v) is 6.69. The lowest BCUT2D eigenvalue weighted by Gasteiger charge is -2.21. The Hall–Kier alpha value is -2.87. The zero-order chi connectivity index (χ0) is 21.3. The third-order valence-corrected chi connectivity index (χ3v) is 5.41. The van der Waals surface area contributed by atoms with Gasteiger partial charge in [-0.25, -0.2) is 4.79 Å². The van der Waals surface area contributed by atoms with Crippen LogP contribution in [0.1, 0.15) is 15.9 Å². The number of halogens is 1. The summed E-state index contributed by atoms with van der Waals surface area (Å²) in [6.07, 6.45) is 0. The molecule has 3 aromatic carbocycles. The molecule has 0 aromatic heterocycles. The fourth-order valence-corrected chi connectivity index (χ4v) is 4.03.